The maximum Gasteiger partial charge on any atom is 0.323 e. The van der Waals surface area contributed by atoms with E-state index in [0.29, 0.717) is 12.5 Å². The summed E-state index contributed by atoms with van der Waals surface area (Å²) in [6.45, 7) is 6.41. The highest BCUT2D eigenvalue weighted by atomic mass is 16.4. The van der Waals surface area contributed by atoms with Crippen molar-refractivity contribution in [2.75, 3.05) is 13.1 Å². The second kappa shape index (κ2) is 4.85. The topological polar surface area (TPSA) is 57.6 Å². The molecular weight excluding hydrogens is 206 g/mol. The Morgan fingerprint density at radius 3 is 2.25 bits per heavy atom. The number of carbonyl (C=O) groups is 2. The van der Waals surface area contributed by atoms with Gasteiger partial charge in [0.2, 0.25) is 5.91 Å². The number of carbonyl (C=O) groups excluding carboxylic acids is 1. The number of rotatable bonds is 6. The maximum atomic E-state index is 12.3. The summed E-state index contributed by atoms with van der Waals surface area (Å²) < 4.78 is 0. The van der Waals surface area contributed by atoms with Gasteiger partial charge in [-0.15, -0.1) is 0 Å². The van der Waals surface area contributed by atoms with Crippen LogP contribution in [0.1, 0.15) is 40.0 Å². The average molecular weight is 227 g/mol. The highest BCUT2D eigenvalue weighted by Gasteiger charge is 2.53. The standard InChI is InChI=1S/C12H21NO3/c1-4-7-13(8-10(14)15)11(16)12(5-6-12)9(2)3/h9H,4-8H2,1-3H3,(H,14,15). The first-order valence-corrected chi connectivity index (χ1v) is 5.95. The van der Waals surface area contributed by atoms with Crippen molar-refractivity contribution in [3.05, 3.63) is 0 Å². The molecule has 1 fully saturated rings. The van der Waals surface area contributed by atoms with Crippen molar-refractivity contribution in [3.8, 4) is 0 Å². The van der Waals surface area contributed by atoms with Crippen LogP contribution >= 0.6 is 0 Å². The van der Waals surface area contributed by atoms with Crippen LogP contribution < -0.4 is 0 Å². The van der Waals surface area contributed by atoms with Gasteiger partial charge >= 0.3 is 5.97 Å². The molecular formula is C12H21NO3. The number of hydrogen-bond acceptors (Lipinski definition) is 2. The van der Waals surface area contributed by atoms with Gasteiger partial charge in [0.1, 0.15) is 6.54 Å². The molecule has 0 unspecified atom stereocenters. The van der Waals surface area contributed by atoms with E-state index in [2.05, 4.69) is 0 Å². The molecule has 0 heterocycles. The van der Waals surface area contributed by atoms with Crippen LogP contribution in [-0.2, 0) is 9.59 Å². The lowest BCUT2D eigenvalue weighted by Gasteiger charge is -2.27. The molecule has 0 radical (unpaired) electrons. The van der Waals surface area contributed by atoms with Crippen LogP contribution in [-0.4, -0.2) is 35.0 Å². The van der Waals surface area contributed by atoms with E-state index in [1.165, 1.54) is 4.90 Å². The zero-order valence-corrected chi connectivity index (χ0v) is 10.3. The minimum atomic E-state index is -0.929. The second-order valence-corrected chi connectivity index (χ2v) is 4.93. The van der Waals surface area contributed by atoms with Crippen LogP contribution in [0.25, 0.3) is 0 Å². The fourth-order valence-corrected chi connectivity index (χ4v) is 2.17. The minimum absolute atomic E-state index is 0.0340. The number of hydrogen-bond donors (Lipinski definition) is 1. The lowest BCUT2D eigenvalue weighted by molar-refractivity contribution is -0.148. The smallest absolute Gasteiger partial charge is 0.323 e. The Morgan fingerprint density at radius 1 is 1.38 bits per heavy atom. The summed E-state index contributed by atoms with van der Waals surface area (Å²) in [5, 5.41) is 8.79. The molecule has 0 aromatic rings. The van der Waals surface area contributed by atoms with Crippen molar-refractivity contribution in [2.24, 2.45) is 11.3 Å². The third-order valence-corrected chi connectivity index (χ3v) is 3.43. The summed E-state index contributed by atoms with van der Waals surface area (Å²) in [7, 11) is 0. The molecule has 1 aliphatic carbocycles. The lowest BCUT2D eigenvalue weighted by Crippen LogP contribution is -2.42. The quantitative estimate of drug-likeness (QED) is 0.752. The van der Waals surface area contributed by atoms with E-state index in [1.54, 1.807) is 0 Å². The first kappa shape index (κ1) is 13.0. The van der Waals surface area contributed by atoms with Gasteiger partial charge < -0.3 is 10.0 Å². The second-order valence-electron chi connectivity index (χ2n) is 4.93. The number of aliphatic carboxylic acids is 1. The number of carboxylic acid groups (broad SMARTS) is 1. The van der Waals surface area contributed by atoms with Crippen molar-refractivity contribution < 1.29 is 14.7 Å². The number of carboxylic acids is 1. The first-order valence-electron chi connectivity index (χ1n) is 5.95. The Labute approximate surface area is 96.6 Å². The Balaban J connectivity index is 2.71. The molecule has 0 atom stereocenters. The molecule has 1 amide bonds. The molecule has 1 saturated carbocycles. The molecule has 16 heavy (non-hydrogen) atoms. The fraction of sp³-hybridized carbons (Fsp3) is 0.833. The molecule has 0 spiro atoms. The van der Waals surface area contributed by atoms with E-state index < -0.39 is 5.97 Å². The zero-order chi connectivity index (χ0) is 12.3. The molecule has 0 bridgehead atoms. The van der Waals surface area contributed by atoms with Crippen molar-refractivity contribution in [2.45, 2.75) is 40.0 Å². The van der Waals surface area contributed by atoms with Crippen molar-refractivity contribution >= 4 is 11.9 Å². The van der Waals surface area contributed by atoms with Gasteiger partial charge in [-0.25, -0.2) is 0 Å². The molecule has 0 aromatic carbocycles. The maximum absolute atomic E-state index is 12.3. The molecule has 1 rings (SSSR count). The van der Waals surface area contributed by atoms with E-state index in [4.69, 9.17) is 5.11 Å². The van der Waals surface area contributed by atoms with Crippen molar-refractivity contribution in [3.63, 3.8) is 0 Å². The van der Waals surface area contributed by atoms with Gasteiger partial charge in [0.25, 0.3) is 0 Å². The Kier molecular flexibility index (Phi) is 3.94. The lowest BCUT2D eigenvalue weighted by atomic mass is 9.91. The van der Waals surface area contributed by atoms with Crippen LogP contribution in [0.2, 0.25) is 0 Å². The normalized spacial score (nSPS) is 17.2. The molecule has 0 aromatic heterocycles. The summed E-state index contributed by atoms with van der Waals surface area (Å²) in [5.41, 5.74) is -0.259. The summed E-state index contributed by atoms with van der Waals surface area (Å²) in [6.07, 6.45) is 2.61. The molecule has 0 saturated heterocycles. The third-order valence-electron chi connectivity index (χ3n) is 3.43. The monoisotopic (exact) mass is 227 g/mol. The van der Waals surface area contributed by atoms with E-state index in [0.717, 1.165) is 19.3 Å². The van der Waals surface area contributed by atoms with Gasteiger partial charge in [0.15, 0.2) is 0 Å². The first-order chi connectivity index (χ1) is 7.44. The average Bonchev–Trinajstić information content (AvgIpc) is 2.96. The predicted molar refractivity (Wildman–Crippen MR) is 61.0 cm³/mol. The van der Waals surface area contributed by atoms with Crippen LogP contribution in [0.4, 0.5) is 0 Å². The van der Waals surface area contributed by atoms with Crippen LogP contribution in [0.5, 0.6) is 0 Å². The molecule has 92 valence electrons. The van der Waals surface area contributed by atoms with E-state index >= 15 is 0 Å². The SMILES string of the molecule is CCCN(CC(=O)O)C(=O)C1(C(C)C)CC1. The van der Waals surface area contributed by atoms with Crippen LogP contribution in [0.3, 0.4) is 0 Å². The Morgan fingerprint density at radius 2 is 1.94 bits per heavy atom. The predicted octanol–water partition coefficient (Wildman–Crippen LogP) is 1.75. The van der Waals surface area contributed by atoms with Gasteiger partial charge in [-0.2, -0.15) is 0 Å². The highest BCUT2D eigenvalue weighted by molar-refractivity contribution is 5.88. The molecule has 0 aliphatic heterocycles. The summed E-state index contributed by atoms with van der Waals surface area (Å²) >= 11 is 0. The van der Waals surface area contributed by atoms with E-state index in [1.807, 2.05) is 20.8 Å². The van der Waals surface area contributed by atoms with Crippen molar-refractivity contribution in [1.29, 1.82) is 0 Å². The third kappa shape index (κ3) is 2.54. The summed E-state index contributed by atoms with van der Waals surface area (Å²) in [6, 6.07) is 0. The van der Waals surface area contributed by atoms with Gasteiger partial charge in [-0.05, 0) is 25.2 Å². The van der Waals surface area contributed by atoms with Gasteiger partial charge in [-0.3, -0.25) is 9.59 Å². The highest BCUT2D eigenvalue weighted by Crippen LogP contribution is 2.53. The number of nitrogens with zero attached hydrogens (tertiary/aromatic N) is 1. The van der Waals surface area contributed by atoms with Crippen LogP contribution in [0.15, 0.2) is 0 Å². The molecule has 4 nitrogen and oxygen atoms in total. The Hall–Kier alpha value is -1.06. The zero-order valence-electron chi connectivity index (χ0n) is 10.3. The molecule has 4 heteroatoms. The number of amides is 1. The summed E-state index contributed by atoms with van der Waals surface area (Å²) in [4.78, 5) is 24.5. The van der Waals surface area contributed by atoms with Crippen LogP contribution in [0, 0.1) is 11.3 Å². The molecule has 1 aliphatic rings. The van der Waals surface area contributed by atoms with E-state index in [9.17, 15) is 9.59 Å². The largest absolute Gasteiger partial charge is 0.480 e. The van der Waals surface area contributed by atoms with Gasteiger partial charge in [0, 0.05) is 6.54 Å². The van der Waals surface area contributed by atoms with Crippen molar-refractivity contribution in [1.82, 2.24) is 4.90 Å². The fourth-order valence-electron chi connectivity index (χ4n) is 2.17. The Bertz CT molecular complexity index is 282. The van der Waals surface area contributed by atoms with Gasteiger partial charge in [-0.1, -0.05) is 20.8 Å². The van der Waals surface area contributed by atoms with Gasteiger partial charge in [0.05, 0.1) is 5.41 Å². The molecule has 1 N–H and O–H groups in total. The summed E-state index contributed by atoms with van der Waals surface area (Å²) in [5.74, 6) is -0.596. The van der Waals surface area contributed by atoms with E-state index in [-0.39, 0.29) is 17.9 Å². The minimum Gasteiger partial charge on any atom is -0.480 e.